The van der Waals surface area contributed by atoms with Gasteiger partial charge in [0.1, 0.15) is 11.2 Å². The molecule has 2 atom stereocenters. The van der Waals surface area contributed by atoms with Gasteiger partial charge in [0.05, 0.1) is 0 Å². The summed E-state index contributed by atoms with van der Waals surface area (Å²) in [5.74, 6) is -2.44. The van der Waals surface area contributed by atoms with Crippen LogP contribution in [0.25, 0.3) is 0 Å². The number of hydrogen-bond acceptors (Lipinski definition) is 9. The average molecular weight is 812 g/mol. The molecule has 14 heteroatoms. The number of carboxylic acids is 2. The van der Waals surface area contributed by atoms with Gasteiger partial charge in [-0.25, -0.2) is 40.0 Å². The quantitative estimate of drug-likeness (QED) is 0.0543. The fourth-order valence-corrected chi connectivity index (χ4v) is 6.17. The van der Waals surface area contributed by atoms with Crippen LogP contribution in [0.3, 0.4) is 0 Å². The van der Waals surface area contributed by atoms with Gasteiger partial charge in [0, 0.05) is 45.4 Å². The highest BCUT2D eigenvalue weighted by molar-refractivity contribution is 5.81. The second-order valence-electron chi connectivity index (χ2n) is 16.6. The lowest BCUT2D eigenvalue weighted by Crippen LogP contribution is -2.55. The first kappa shape index (κ1) is 49.5. The molecule has 2 aromatic rings. The average Bonchev–Trinajstić information content (AvgIpc) is 3.14. The van der Waals surface area contributed by atoms with Crippen molar-refractivity contribution < 1.29 is 43.7 Å². The van der Waals surface area contributed by atoms with Gasteiger partial charge >= 0.3 is 24.1 Å². The van der Waals surface area contributed by atoms with Crippen molar-refractivity contribution in [3.63, 3.8) is 0 Å². The molecule has 0 radical (unpaired) electrons. The Kier molecular flexibility index (Phi) is 21.9. The predicted octanol–water partition coefficient (Wildman–Crippen LogP) is 7.61. The number of unbranched alkanes of at least 4 members (excludes halogenated alkanes) is 6. The van der Waals surface area contributed by atoms with Crippen molar-refractivity contribution in [1.29, 1.82) is 0 Å². The zero-order valence-corrected chi connectivity index (χ0v) is 35.8. The van der Waals surface area contributed by atoms with E-state index in [4.69, 9.17) is 9.47 Å². The van der Waals surface area contributed by atoms with E-state index in [1.165, 1.54) is 12.8 Å². The summed E-state index contributed by atoms with van der Waals surface area (Å²) < 4.78 is 11.2. The van der Waals surface area contributed by atoms with Crippen LogP contribution in [-0.4, -0.2) is 105 Å². The van der Waals surface area contributed by atoms with Gasteiger partial charge in [-0.05, 0) is 71.9 Å². The first-order chi connectivity index (χ1) is 27.4. The number of aliphatic carboxylic acids is 2. The molecule has 0 bridgehead atoms. The third kappa shape index (κ3) is 20.1. The monoisotopic (exact) mass is 812 g/mol. The van der Waals surface area contributed by atoms with Gasteiger partial charge in [-0.15, -0.1) is 0 Å². The Morgan fingerprint density at radius 2 is 0.966 bits per heavy atom. The molecule has 0 saturated heterocycles. The standard InChI is InChI=1S/C44H69N5O9/c1-8-9-10-11-12-13-20-27-38(50)47(30-21-28-45-48(41(55)57-43(2,3)4)36(39(51)52)32-34-23-16-14-17-24-34)31-22-29-46-49(42(56)58-44(5,6)7)37(40(53)54)33-35-25-18-15-19-26-35/h14-19,23-26,36-37,45-46H,8-13,20-22,27-33H2,1-7H3,(H,51,52)(H,53,54)/t36-,37-/m0/s1. The zero-order valence-electron chi connectivity index (χ0n) is 35.8. The van der Waals surface area contributed by atoms with Gasteiger partial charge < -0.3 is 24.6 Å². The van der Waals surface area contributed by atoms with E-state index in [9.17, 15) is 34.2 Å². The second-order valence-corrected chi connectivity index (χ2v) is 16.6. The minimum absolute atomic E-state index is 0.0402. The third-order valence-electron chi connectivity index (χ3n) is 9.04. The molecule has 0 heterocycles. The van der Waals surface area contributed by atoms with Crippen LogP contribution in [-0.2, 0) is 36.7 Å². The molecule has 0 aliphatic rings. The maximum Gasteiger partial charge on any atom is 0.425 e. The Labute approximate surface area is 345 Å². The number of ether oxygens (including phenoxy) is 2. The first-order valence-corrected chi connectivity index (χ1v) is 20.7. The van der Waals surface area contributed by atoms with Crippen LogP contribution in [0.1, 0.15) is 124 Å². The van der Waals surface area contributed by atoms with E-state index in [-0.39, 0.29) is 31.8 Å². The Bertz CT molecular complexity index is 1430. The number of benzene rings is 2. The highest BCUT2D eigenvalue weighted by atomic mass is 16.6. The molecule has 0 aliphatic heterocycles. The number of rotatable bonds is 26. The summed E-state index contributed by atoms with van der Waals surface area (Å²) in [6.07, 6.45) is 7.00. The van der Waals surface area contributed by atoms with Gasteiger partial charge in [-0.1, -0.05) is 106 Å². The van der Waals surface area contributed by atoms with E-state index in [0.29, 0.717) is 32.4 Å². The fourth-order valence-electron chi connectivity index (χ4n) is 6.17. The van der Waals surface area contributed by atoms with Gasteiger partial charge in [0.25, 0.3) is 0 Å². The Morgan fingerprint density at radius 3 is 1.33 bits per heavy atom. The number of amides is 3. The second kappa shape index (κ2) is 25.6. The number of nitrogens with zero attached hydrogens (tertiary/aromatic N) is 3. The minimum atomic E-state index is -1.26. The Hall–Kier alpha value is -4.69. The van der Waals surface area contributed by atoms with E-state index in [0.717, 1.165) is 53.2 Å². The number of hydrazine groups is 2. The zero-order chi connectivity index (χ0) is 43.1. The van der Waals surface area contributed by atoms with Crippen molar-refractivity contribution in [3.8, 4) is 0 Å². The summed E-state index contributed by atoms with van der Waals surface area (Å²) in [5.41, 5.74) is 5.70. The van der Waals surface area contributed by atoms with E-state index >= 15 is 0 Å². The molecular formula is C44H69N5O9. The maximum atomic E-state index is 13.6. The minimum Gasteiger partial charge on any atom is -0.480 e. The van der Waals surface area contributed by atoms with Crippen molar-refractivity contribution in [2.24, 2.45) is 0 Å². The molecule has 0 unspecified atom stereocenters. The van der Waals surface area contributed by atoms with Crippen LogP contribution in [0.2, 0.25) is 0 Å². The number of carboxylic acid groups (broad SMARTS) is 2. The summed E-state index contributed by atoms with van der Waals surface area (Å²) in [4.78, 5) is 67.0. The molecule has 14 nitrogen and oxygen atoms in total. The molecule has 0 aliphatic carbocycles. The summed E-state index contributed by atoms with van der Waals surface area (Å²) in [5, 5.41) is 22.5. The summed E-state index contributed by atoms with van der Waals surface area (Å²) in [6.45, 7) is 13.4. The number of hydrogen-bond donors (Lipinski definition) is 4. The fraction of sp³-hybridized carbons (Fsp3) is 0.614. The SMILES string of the molecule is CCCCCCCCCC(=O)N(CCCNN(C(=O)OC(C)(C)C)[C@@H](Cc1ccccc1)C(=O)O)CCCNN(C(=O)OC(C)(C)C)[C@@H](Cc1ccccc1)C(=O)O. The van der Waals surface area contributed by atoms with E-state index in [2.05, 4.69) is 17.8 Å². The molecule has 2 aromatic carbocycles. The lowest BCUT2D eigenvalue weighted by Gasteiger charge is -2.32. The molecule has 0 saturated carbocycles. The van der Waals surface area contributed by atoms with E-state index in [1.807, 2.05) is 12.1 Å². The van der Waals surface area contributed by atoms with Crippen LogP contribution >= 0.6 is 0 Å². The van der Waals surface area contributed by atoms with Gasteiger partial charge in [0.2, 0.25) is 5.91 Å². The summed E-state index contributed by atoms with van der Waals surface area (Å²) >= 11 is 0. The van der Waals surface area contributed by atoms with Gasteiger partial charge in [-0.3, -0.25) is 4.79 Å². The molecule has 0 aromatic heterocycles. The topological polar surface area (TPSA) is 178 Å². The number of carbonyl (C=O) groups excluding carboxylic acids is 3. The van der Waals surface area contributed by atoms with Crippen molar-refractivity contribution in [1.82, 2.24) is 25.8 Å². The molecule has 324 valence electrons. The molecule has 3 amide bonds. The van der Waals surface area contributed by atoms with Crippen molar-refractivity contribution in [2.45, 2.75) is 149 Å². The van der Waals surface area contributed by atoms with Crippen molar-refractivity contribution >= 4 is 30.0 Å². The van der Waals surface area contributed by atoms with Crippen LogP contribution in [0.5, 0.6) is 0 Å². The lowest BCUT2D eigenvalue weighted by molar-refractivity contribution is -0.145. The predicted molar refractivity (Wildman–Crippen MR) is 224 cm³/mol. The Morgan fingerprint density at radius 1 is 0.586 bits per heavy atom. The number of carbonyl (C=O) groups is 5. The molecule has 4 N–H and O–H groups in total. The number of nitrogens with one attached hydrogen (secondary N) is 2. The molecular weight excluding hydrogens is 743 g/mol. The van der Waals surface area contributed by atoms with E-state index in [1.54, 1.807) is 95.0 Å². The van der Waals surface area contributed by atoms with Crippen molar-refractivity contribution in [3.05, 3.63) is 71.8 Å². The maximum absolute atomic E-state index is 13.6. The van der Waals surface area contributed by atoms with Crippen LogP contribution < -0.4 is 10.9 Å². The Balaban J connectivity index is 2.19. The summed E-state index contributed by atoms with van der Waals surface area (Å²) in [7, 11) is 0. The van der Waals surface area contributed by atoms with Crippen LogP contribution in [0.4, 0.5) is 9.59 Å². The largest absolute Gasteiger partial charge is 0.480 e. The van der Waals surface area contributed by atoms with Gasteiger partial charge in [0.15, 0.2) is 12.1 Å². The lowest BCUT2D eigenvalue weighted by atomic mass is 10.1. The van der Waals surface area contributed by atoms with Gasteiger partial charge in [-0.2, -0.15) is 0 Å². The molecule has 58 heavy (non-hydrogen) atoms. The van der Waals surface area contributed by atoms with Crippen LogP contribution in [0.15, 0.2) is 60.7 Å². The highest BCUT2D eigenvalue weighted by Crippen LogP contribution is 2.17. The normalized spacial score (nSPS) is 12.6. The third-order valence-corrected chi connectivity index (χ3v) is 9.04. The molecule has 0 spiro atoms. The smallest absolute Gasteiger partial charge is 0.425 e. The highest BCUT2D eigenvalue weighted by Gasteiger charge is 2.35. The van der Waals surface area contributed by atoms with E-state index < -0.39 is 47.4 Å². The van der Waals surface area contributed by atoms with Crippen molar-refractivity contribution in [2.75, 3.05) is 26.2 Å². The first-order valence-electron chi connectivity index (χ1n) is 20.7. The molecule has 2 rings (SSSR count). The molecule has 0 fully saturated rings. The van der Waals surface area contributed by atoms with Crippen LogP contribution in [0, 0.1) is 0 Å². The summed E-state index contributed by atoms with van der Waals surface area (Å²) in [6, 6.07) is 15.5.